The van der Waals surface area contributed by atoms with E-state index in [0.717, 1.165) is 80.0 Å². The minimum atomic E-state index is -0.181. The number of phenolic OH excluding ortho intramolecular Hbond substituents is 4. The maximum Gasteiger partial charge on any atom is 1.00 e. The minimum absolute atomic E-state index is 0. The van der Waals surface area contributed by atoms with Gasteiger partial charge in [0.05, 0.1) is 85.9 Å². The van der Waals surface area contributed by atoms with E-state index in [1.807, 2.05) is 30.3 Å². The number of aromatic hydroxyl groups is 4. The number of hydrogen-bond donors (Lipinski definition) is 8. The Hall–Kier alpha value is -2.09. The second-order valence-electron chi connectivity index (χ2n) is 15.9. The number of ether oxygens (including phenoxy) is 9. The first-order valence-electron chi connectivity index (χ1n) is 25.0. The molecule has 426 valence electrons. The summed E-state index contributed by atoms with van der Waals surface area (Å²) in [5, 5.41) is 80.4. The van der Waals surface area contributed by atoms with Gasteiger partial charge >= 0.3 is 103 Å². The number of rotatable bonds is 39. The summed E-state index contributed by atoms with van der Waals surface area (Å²) in [7, 11) is 0. The standard InChI is InChI=1S/C33H52O11.C16H18O4.C4H9ClO2.CH2O3.2K.H/c1-2-14-37-18-24-43-32-26-28(7-9-30(32)41-22-19-38-15-11-34)5-3-4-6-29-8-10-31(42-23-20-39-16-12-35)33(27-29)44-25-21-40-17-13-36;17-13-7-5-11(9-15(13)19)3-1-2-4-12-6-8-14(18)16(20)10-12;5-1-3-7-4-2-6;2-1-4-3;;;/h7-10,26-27,34-36H,2-6,11-25H2,1H3;5-10,17-20H,1-4H2;6H,1-4H2;1,3H;;;/q;;;;2*+1;-1/p-1. The summed E-state index contributed by atoms with van der Waals surface area (Å²) in [6.07, 6.45) is 8.21. The molecule has 0 atom stereocenters. The van der Waals surface area contributed by atoms with Crippen molar-refractivity contribution < 1.29 is 203 Å². The van der Waals surface area contributed by atoms with E-state index in [2.05, 4.69) is 17.9 Å². The number of halogens is 1. The van der Waals surface area contributed by atoms with Crippen molar-refractivity contribution >= 4 is 18.1 Å². The Morgan fingerprint density at radius 3 is 1.03 bits per heavy atom. The van der Waals surface area contributed by atoms with Crippen LogP contribution in [0.3, 0.4) is 0 Å². The molecule has 0 aliphatic carbocycles. The number of aryl methyl sites for hydroxylation is 4. The first-order chi connectivity index (χ1) is 36.6. The number of aliphatic hydroxyl groups is 4. The van der Waals surface area contributed by atoms with E-state index in [4.69, 9.17) is 84.7 Å². The van der Waals surface area contributed by atoms with Crippen molar-refractivity contribution in [3.05, 3.63) is 95.1 Å². The molecule has 0 fully saturated rings. The average Bonchev–Trinajstić information content (AvgIpc) is 3.42. The molecule has 4 aromatic rings. The van der Waals surface area contributed by atoms with Crippen LogP contribution < -0.4 is 127 Å². The van der Waals surface area contributed by atoms with Gasteiger partial charge in [-0.2, -0.15) is 0 Å². The van der Waals surface area contributed by atoms with Gasteiger partial charge in [0.2, 0.25) is 0 Å². The third-order valence-electron chi connectivity index (χ3n) is 9.95. The molecule has 0 spiro atoms. The van der Waals surface area contributed by atoms with Crippen LogP contribution in [0.15, 0.2) is 72.8 Å². The maximum atomic E-state index is 9.39. The molecule has 77 heavy (non-hydrogen) atoms. The quantitative estimate of drug-likeness (QED) is 0.00510. The van der Waals surface area contributed by atoms with Crippen LogP contribution in [-0.2, 0) is 59.0 Å². The minimum Gasteiger partial charge on any atom is -1.00 e. The van der Waals surface area contributed by atoms with E-state index in [0.29, 0.717) is 102 Å². The summed E-state index contributed by atoms with van der Waals surface area (Å²) in [6.45, 7) is 7.48. The predicted molar refractivity (Wildman–Crippen MR) is 279 cm³/mol. The predicted octanol–water partition coefficient (Wildman–Crippen LogP) is -0.916. The largest absolute Gasteiger partial charge is 1.00 e. The third-order valence-corrected chi connectivity index (χ3v) is 10.1. The van der Waals surface area contributed by atoms with Crippen LogP contribution >= 0.6 is 11.6 Å². The molecule has 0 bridgehead atoms. The molecule has 4 aromatic carbocycles. The van der Waals surface area contributed by atoms with Gasteiger partial charge in [0.15, 0.2) is 46.0 Å². The molecule has 0 aliphatic heterocycles. The Kier molecular flexibility index (Phi) is 54.5. The zero-order valence-corrected chi connectivity index (χ0v) is 52.2. The van der Waals surface area contributed by atoms with Crippen molar-refractivity contribution in [2.45, 2.75) is 64.7 Å². The van der Waals surface area contributed by atoms with Crippen molar-refractivity contribution in [3.63, 3.8) is 0 Å². The zero-order valence-electron chi connectivity index (χ0n) is 46.2. The number of carbonyl (C=O) groups excluding carboxylic acids is 1. The van der Waals surface area contributed by atoms with E-state index in [1.165, 1.54) is 12.1 Å². The number of hydrogen-bond acceptors (Lipinski definition) is 20. The van der Waals surface area contributed by atoms with Gasteiger partial charge in [-0.1, -0.05) is 31.2 Å². The van der Waals surface area contributed by atoms with Crippen LogP contribution in [0, 0.1) is 0 Å². The maximum absolute atomic E-state index is 9.39. The molecule has 0 saturated carbocycles. The number of carbonyl (C=O) groups is 1. The topological polar surface area (TPSA) is 294 Å². The summed E-state index contributed by atoms with van der Waals surface area (Å²) < 4.78 is 49.9. The van der Waals surface area contributed by atoms with Crippen molar-refractivity contribution in [1.29, 1.82) is 0 Å². The van der Waals surface area contributed by atoms with Crippen molar-refractivity contribution in [1.82, 2.24) is 0 Å². The average molecular weight is 1160 g/mol. The third kappa shape index (κ3) is 40.7. The molecule has 8 N–H and O–H groups in total. The fourth-order valence-corrected chi connectivity index (χ4v) is 6.56. The number of phenols is 4. The summed E-state index contributed by atoms with van der Waals surface area (Å²) in [5.74, 6) is 2.72. The molecule has 0 amide bonds. The Morgan fingerprint density at radius 1 is 0.429 bits per heavy atom. The summed E-state index contributed by atoms with van der Waals surface area (Å²) in [6, 6.07) is 21.7. The van der Waals surface area contributed by atoms with E-state index < -0.39 is 0 Å². The van der Waals surface area contributed by atoms with Gasteiger partial charge in [-0.05, 0) is 129 Å². The molecule has 20 nitrogen and oxygen atoms in total. The fraction of sp³-hybridized carbons (Fsp3) is 0.537. The van der Waals surface area contributed by atoms with Crippen molar-refractivity contribution in [2.24, 2.45) is 0 Å². The molecule has 0 radical (unpaired) electrons. The zero-order chi connectivity index (χ0) is 55.0. The molecule has 4 rings (SSSR count). The van der Waals surface area contributed by atoms with E-state index >= 15 is 0 Å². The summed E-state index contributed by atoms with van der Waals surface area (Å²) >= 11 is 5.23. The summed E-state index contributed by atoms with van der Waals surface area (Å²) in [5.41, 5.74) is 4.27. The second kappa shape index (κ2) is 54.5. The SMILES string of the molecule is CCCOCCOc1cc(CCCCc2ccc(OCCOCCO)c(OCCOCCO)c2)ccc1OCCOCCO.O=CO[O-].OCCOCCCl.Oc1ccc(CCCCc2ccc(O)c(O)c2)cc1O.[H-].[K+].[K+]. The molecule has 23 heteroatoms. The Labute approximate surface area is 545 Å². The van der Waals surface area contributed by atoms with Crippen LogP contribution in [0.2, 0.25) is 0 Å². The van der Waals surface area contributed by atoms with E-state index in [-0.39, 0.29) is 180 Å². The second-order valence-corrected chi connectivity index (χ2v) is 16.2. The molecule has 0 heterocycles. The number of unbranched alkanes of at least 4 members (excludes halogenated alkanes) is 2. The van der Waals surface area contributed by atoms with Crippen LogP contribution in [-0.4, -0.2) is 172 Å². The van der Waals surface area contributed by atoms with Gasteiger partial charge < -0.3 is 95.1 Å². The smallest absolute Gasteiger partial charge is 1.00 e. The van der Waals surface area contributed by atoms with Gasteiger partial charge in [0, 0.05) is 12.5 Å². The van der Waals surface area contributed by atoms with Crippen LogP contribution in [0.4, 0.5) is 0 Å². The monoisotopic (exact) mass is 1160 g/mol. The Balaban J connectivity index is -0.00000136. The first-order valence-corrected chi connectivity index (χ1v) is 25.5. The Bertz CT molecular complexity index is 1880. The van der Waals surface area contributed by atoms with E-state index in [1.54, 1.807) is 24.3 Å². The van der Waals surface area contributed by atoms with Gasteiger partial charge in [-0.25, -0.2) is 0 Å². The van der Waals surface area contributed by atoms with Crippen LogP contribution in [0.25, 0.3) is 0 Å². The summed E-state index contributed by atoms with van der Waals surface area (Å²) in [4.78, 5) is 11.2. The van der Waals surface area contributed by atoms with Gasteiger partial charge in [0.1, 0.15) is 26.4 Å². The van der Waals surface area contributed by atoms with Gasteiger partial charge in [0.25, 0.3) is 6.47 Å². The molecule has 0 saturated heterocycles. The van der Waals surface area contributed by atoms with Crippen molar-refractivity contribution in [3.8, 4) is 46.0 Å². The van der Waals surface area contributed by atoms with Crippen LogP contribution in [0.1, 0.15) is 62.7 Å². The molecule has 0 aliphatic rings. The first kappa shape index (κ1) is 77.0. The van der Waals surface area contributed by atoms with Crippen molar-refractivity contribution in [2.75, 3.05) is 125 Å². The number of alkyl halides is 1. The van der Waals surface area contributed by atoms with Gasteiger partial charge in [-0.15, -0.1) is 11.6 Å². The number of benzene rings is 4. The van der Waals surface area contributed by atoms with E-state index in [9.17, 15) is 20.4 Å². The van der Waals surface area contributed by atoms with Crippen LogP contribution in [0.5, 0.6) is 46.0 Å². The van der Waals surface area contributed by atoms with Gasteiger partial charge in [-0.3, -0.25) is 4.79 Å². The molecular weight excluding hydrogens is 1080 g/mol. The molecular formula is C54H81ClK2O20. The normalized spacial score (nSPS) is 10.2. The Morgan fingerprint density at radius 2 is 0.727 bits per heavy atom. The number of aliphatic hydroxyl groups excluding tert-OH is 4. The fourth-order valence-electron chi connectivity index (χ4n) is 6.46. The molecule has 0 aromatic heterocycles. The molecule has 0 unspecified atom stereocenters.